The third kappa shape index (κ3) is 2.54. The molecule has 0 bridgehead atoms. The lowest BCUT2D eigenvalue weighted by atomic mass is 9.96. The number of hydrogen-bond acceptors (Lipinski definition) is 3. The summed E-state index contributed by atoms with van der Waals surface area (Å²) in [6.45, 7) is 4.74. The van der Waals surface area contributed by atoms with Crippen LogP contribution in [-0.2, 0) is 9.59 Å². The molecule has 1 N–H and O–H groups in total. The molecule has 0 spiro atoms. The molecule has 0 aliphatic carbocycles. The minimum absolute atomic E-state index is 0.107. The second-order valence-corrected chi connectivity index (χ2v) is 3.96. The Kier molecular flexibility index (Phi) is 3.63. The van der Waals surface area contributed by atoms with Gasteiger partial charge >= 0.3 is 5.97 Å². The number of carbonyl (C=O) groups excluding carboxylic acids is 1. The van der Waals surface area contributed by atoms with E-state index in [-0.39, 0.29) is 17.7 Å². The van der Waals surface area contributed by atoms with Crippen molar-refractivity contribution in [2.24, 2.45) is 5.92 Å². The van der Waals surface area contributed by atoms with Crippen molar-refractivity contribution in [1.29, 1.82) is 0 Å². The smallest absolute Gasteiger partial charge is 0.307 e. The maximum absolute atomic E-state index is 11.1. The molecule has 1 aliphatic heterocycles. The van der Waals surface area contributed by atoms with Crippen molar-refractivity contribution < 1.29 is 14.7 Å². The number of Topliss-reactive ketones (excluding diaryl/α,β-unsaturated/α-hetero) is 1. The van der Waals surface area contributed by atoms with E-state index in [4.69, 9.17) is 5.11 Å². The van der Waals surface area contributed by atoms with Crippen molar-refractivity contribution in [2.45, 2.75) is 32.7 Å². The number of likely N-dealkylation sites (tertiary alicyclic amines) is 1. The quantitative estimate of drug-likeness (QED) is 0.729. The number of hydrogen-bond donors (Lipinski definition) is 1. The highest BCUT2D eigenvalue weighted by molar-refractivity contribution is 5.81. The van der Waals surface area contributed by atoms with E-state index in [0.29, 0.717) is 6.54 Å². The average Bonchev–Trinajstić information content (AvgIpc) is 2.16. The summed E-state index contributed by atoms with van der Waals surface area (Å²) in [7, 11) is 0. The zero-order valence-electron chi connectivity index (χ0n) is 8.69. The molecule has 80 valence electrons. The molecule has 1 heterocycles. The summed E-state index contributed by atoms with van der Waals surface area (Å²) >= 11 is 0. The Morgan fingerprint density at radius 2 is 2.14 bits per heavy atom. The first-order valence-corrected chi connectivity index (χ1v) is 4.99. The van der Waals surface area contributed by atoms with Crippen LogP contribution in [0.3, 0.4) is 0 Å². The van der Waals surface area contributed by atoms with Gasteiger partial charge in [-0.25, -0.2) is 0 Å². The third-order valence-corrected chi connectivity index (χ3v) is 2.94. The van der Waals surface area contributed by atoms with Gasteiger partial charge in [0.2, 0.25) is 0 Å². The van der Waals surface area contributed by atoms with Crippen molar-refractivity contribution in [3.05, 3.63) is 0 Å². The van der Waals surface area contributed by atoms with E-state index in [1.807, 2.05) is 11.8 Å². The molecule has 1 saturated heterocycles. The zero-order valence-corrected chi connectivity index (χ0v) is 8.69. The second kappa shape index (κ2) is 4.55. The molecule has 4 nitrogen and oxygen atoms in total. The summed E-state index contributed by atoms with van der Waals surface area (Å²) in [5, 5.41) is 8.86. The summed E-state index contributed by atoms with van der Waals surface area (Å²) in [4.78, 5) is 23.9. The molecule has 0 aromatic rings. The lowest BCUT2D eigenvalue weighted by Gasteiger charge is -2.33. The monoisotopic (exact) mass is 199 g/mol. The first-order chi connectivity index (χ1) is 6.52. The van der Waals surface area contributed by atoms with Crippen LogP contribution in [0.15, 0.2) is 0 Å². The average molecular weight is 199 g/mol. The third-order valence-electron chi connectivity index (χ3n) is 2.94. The standard InChI is InChI=1S/C10H17NO3/c1-7(8(2)12)11-5-3-4-9(6-11)10(13)14/h7,9H,3-6H2,1-2H3,(H,13,14). The summed E-state index contributed by atoms with van der Waals surface area (Å²) < 4.78 is 0. The van der Waals surface area contributed by atoms with Crippen LogP contribution in [0, 0.1) is 5.92 Å². The Bertz CT molecular complexity index is 228. The molecule has 2 atom stereocenters. The second-order valence-electron chi connectivity index (χ2n) is 3.96. The van der Waals surface area contributed by atoms with Crippen LogP contribution < -0.4 is 0 Å². The summed E-state index contributed by atoms with van der Waals surface area (Å²) in [6, 6.07) is -0.142. The highest BCUT2D eigenvalue weighted by atomic mass is 16.4. The predicted molar refractivity (Wildman–Crippen MR) is 52.1 cm³/mol. The van der Waals surface area contributed by atoms with Gasteiger partial charge in [0.1, 0.15) is 5.78 Å². The largest absolute Gasteiger partial charge is 0.481 e. The van der Waals surface area contributed by atoms with Gasteiger partial charge in [0.15, 0.2) is 0 Å². The molecule has 1 aliphatic rings. The molecule has 0 amide bonds. The number of nitrogens with zero attached hydrogens (tertiary/aromatic N) is 1. The van der Waals surface area contributed by atoms with Crippen molar-refractivity contribution in [1.82, 2.24) is 4.90 Å². The topological polar surface area (TPSA) is 57.6 Å². The Hall–Kier alpha value is -0.900. The van der Waals surface area contributed by atoms with Crippen molar-refractivity contribution >= 4 is 11.8 Å². The van der Waals surface area contributed by atoms with E-state index >= 15 is 0 Å². The lowest BCUT2D eigenvalue weighted by molar-refractivity contribution is -0.144. The number of carboxylic acid groups (broad SMARTS) is 1. The Morgan fingerprint density at radius 1 is 1.50 bits per heavy atom. The maximum atomic E-state index is 11.1. The van der Waals surface area contributed by atoms with E-state index in [9.17, 15) is 9.59 Å². The van der Waals surface area contributed by atoms with Crippen LogP contribution in [0.1, 0.15) is 26.7 Å². The summed E-state index contributed by atoms with van der Waals surface area (Å²) in [5.74, 6) is -0.938. The lowest BCUT2D eigenvalue weighted by Crippen LogP contribution is -2.46. The molecule has 0 aromatic heterocycles. The van der Waals surface area contributed by atoms with E-state index < -0.39 is 5.97 Å². The number of ketones is 1. The molecule has 0 saturated carbocycles. The molecular weight excluding hydrogens is 182 g/mol. The van der Waals surface area contributed by atoms with E-state index in [1.165, 1.54) is 0 Å². The number of aliphatic carboxylic acids is 1. The first-order valence-electron chi connectivity index (χ1n) is 4.99. The highest BCUT2D eigenvalue weighted by Crippen LogP contribution is 2.18. The Labute approximate surface area is 83.9 Å². The number of carbonyl (C=O) groups is 2. The van der Waals surface area contributed by atoms with Crippen LogP contribution in [0.4, 0.5) is 0 Å². The van der Waals surface area contributed by atoms with E-state index in [1.54, 1.807) is 6.92 Å². The van der Waals surface area contributed by atoms with Gasteiger partial charge in [-0.1, -0.05) is 0 Å². The van der Waals surface area contributed by atoms with Crippen molar-refractivity contribution in [3.63, 3.8) is 0 Å². The fraction of sp³-hybridized carbons (Fsp3) is 0.800. The van der Waals surface area contributed by atoms with Gasteiger partial charge in [-0.2, -0.15) is 0 Å². The fourth-order valence-electron chi connectivity index (χ4n) is 1.82. The molecule has 2 unspecified atom stereocenters. The van der Waals surface area contributed by atoms with Crippen LogP contribution >= 0.6 is 0 Å². The van der Waals surface area contributed by atoms with E-state index in [0.717, 1.165) is 19.4 Å². The van der Waals surface area contributed by atoms with Gasteiger partial charge in [-0.15, -0.1) is 0 Å². The number of piperidine rings is 1. The summed E-state index contributed by atoms with van der Waals surface area (Å²) in [6.07, 6.45) is 1.60. The van der Waals surface area contributed by atoms with Crippen LogP contribution in [0.25, 0.3) is 0 Å². The normalized spacial score (nSPS) is 25.7. The molecule has 1 fully saturated rings. The minimum atomic E-state index is -0.745. The number of rotatable bonds is 3. The molecule has 14 heavy (non-hydrogen) atoms. The van der Waals surface area contributed by atoms with Gasteiger partial charge in [0.25, 0.3) is 0 Å². The zero-order chi connectivity index (χ0) is 10.7. The fourth-order valence-corrected chi connectivity index (χ4v) is 1.82. The van der Waals surface area contributed by atoms with Gasteiger partial charge in [-0.3, -0.25) is 14.5 Å². The molecule has 0 aromatic carbocycles. The van der Waals surface area contributed by atoms with Gasteiger partial charge in [0.05, 0.1) is 12.0 Å². The first kappa shape index (κ1) is 11.2. The SMILES string of the molecule is CC(=O)C(C)N1CCCC(C(=O)O)C1. The van der Waals surface area contributed by atoms with Crippen molar-refractivity contribution in [3.8, 4) is 0 Å². The molecule has 1 rings (SSSR count). The van der Waals surface area contributed by atoms with Crippen LogP contribution in [0.5, 0.6) is 0 Å². The molecule has 0 radical (unpaired) electrons. The van der Waals surface area contributed by atoms with Gasteiger partial charge in [-0.05, 0) is 33.2 Å². The Morgan fingerprint density at radius 3 is 2.64 bits per heavy atom. The highest BCUT2D eigenvalue weighted by Gasteiger charge is 2.29. The van der Waals surface area contributed by atoms with E-state index in [2.05, 4.69) is 0 Å². The number of carboxylic acids is 1. The molecular formula is C10H17NO3. The van der Waals surface area contributed by atoms with Gasteiger partial charge < -0.3 is 5.11 Å². The Balaban J connectivity index is 2.55. The summed E-state index contributed by atoms with van der Waals surface area (Å²) in [5.41, 5.74) is 0. The van der Waals surface area contributed by atoms with Crippen molar-refractivity contribution in [2.75, 3.05) is 13.1 Å². The minimum Gasteiger partial charge on any atom is -0.481 e. The van der Waals surface area contributed by atoms with Crippen LogP contribution in [-0.4, -0.2) is 40.9 Å². The van der Waals surface area contributed by atoms with Gasteiger partial charge in [0, 0.05) is 6.54 Å². The molecule has 4 heteroatoms. The maximum Gasteiger partial charge on any atom is 0.307 e. The van der Waals surface area contributed by atoms with Crippen LogP contribution in [0.2, 0.25) is 0 Å². The predicted octanol–water partition coefficient (Wildman–Crippen LogP) is 0.760.